The van der Waals surface area contributed by atoms with Crippen LogP contribution < -0.4 is 4.74 Å². The SMILES string of the molecule is Cc1cccc(OCCN2CCN(C(=O)c3ccco3)CC2)c1. The van der Waals surface area contributed by atoms with Crippen molar-refractivity contribution in [2.45, 2.75) is 6.92 Å². The molecule has 1 aliphatic rings. The zero-order valence-corrected chi connectivity index (χ0v) is 13.4. The normalized spacial score (nSPS) is 15.6. The van der Waals surface area contributed by atoms with Gasteiger partial charge in [-0.25, -0.2) is 0 Å². The predicted molar refractivity (Wildman–Crippen MR) is 87.7 cm³/mol. The average Bonchev–Trinajstić information content (AvgIpc) is 3.09. The molecular formula is C18H22N2O3. The molecule has 5 nitrogen and oxygen atoms in total. The second-order valence-corrected chi connectivity index (χ2v) is 5.78. The second-order valence-electron chi connectivity index (χ2n) is 5.78. The number of rotatable bonds is 5. The third-order valence-corrected chi connectivity index (χ3v) is 4.06. The van der Waals surface area contributed by atoms with Gasteiger partial charge in [0.2, 0.25) is 0 Å². The van der Waals surface area contributed by atoms with Crippen molar-refractivity contribution in [2.75, 3.05) is 39.3 Å². The minimum absolute atomic E-state index is 0.0225. The van der Waals surface area contributed by atoms with Crippen molar-refractivity contribution in [1.29, 1.82) is 0 Å². The van der Waals surface area contributed by atoms with Gasteiger partial charge in [-0.2, -0.15) is 0 Å². The lowest BCUT2D eigenvalue weighted by Crippen LogP contribution is -2.49. The van der Waals surface area contributed by atoms with Crippen molar-refractivity contribution >= 4 is 5.91 Å². The van der Waals surface area contributed by atoms with Gasteiger partial charge in [0, 0.05) is 32.7 Å². The Labute approximate surface area is 136 Å². The van der Waals surface area contributed by atoms with Crippen LogP contribution in [0, 0.1) is 6.92 Å². The van der Waals surface area contributed by atoms with Crippen LogP contribution >= 0.6 is 0 Å². The molecule has 1 amide bonds. The minimum Gasteiger partial charge on any atom is -0.492 e. The summed E-state index contributed by atoms with van der Waals surface area (Å²) in [6.07, 6.45) is 1.53. The lowest BCUT2D eigenvalue weighted by Gasteiger charge is -2.34. The van der Waals surface area contributed by atoms with Crippen molar-refractivity contribution in [3.8, 4) is 5.75 Å². The molecule has 0 N–H and O–H groups in total. The second kappa shape index (κ2) is 7.33. The highest BCUT2D eigenvalue weighted by Crippen LogP contribution is 2.13. The Balaban J connectivity index is 1.40. The van der Waals surface area contributed by atoms with Crippen LogP contribution in [0.15, 0.2) is 47.1 Å². The molecule has 1 fully saturated rings. The van der Waals surface area contributed by atoms with Gasteiger partial charge in [0.05, 0.1) is 6.26 Å². The standard InChI is InChI=1S/C18H22N2O3/c1-15-4-2-5-16(14-15)22-13-11-19-7-9-20(10-8-19)18(21)17-6-3-12-23-17/h2-6,12,14H,7-11,13H2,1H3. The third kappa shape index (κ3) is 4.13. The first-order valence-corrected chi connectivity index (χ1v) is 7.97. The Bertz CT molecular complexity index is 631. The molecule has 0 saturated carbocycles. The first-order chi connectivity index (χ1) is 11.2. The van der Waals surface area contributed by atoms with Crippen LogP contribution in [0.3, 0.4) is 0 Å². The van der Waals surface area contributed by atoms with E-state index < -0.39 is 0 Å². The third-order valence-electron chi connectivity index (χ3n) is 4.06. The molecule has 0 aliphatic carbocycles. The molecule has 2 aromatic rings. The van der Waals surface area contributed by atoms with E-state index in [0.29, 0.717) is 12.4 Å². The highest BCUT2D eigenvalue weighted by molar-refractivity contribution is 5.91. The minimum atomic E-state index is -0.0225. The molecule has 0 spiro atoms. The van der Waals surface area contributed by atoms with Gasteiger partial charge in [0.25, 0.3) is 5.91 Å². The number of furan rings is 1. The number of nitrogens with zero attached hydrogens (tertiary/aromatic N) is 2. The number of carbonyl (C=O) groups is 1. The van der Waals surface area contributed by atoms with Crippen molar-refractivity contribution in [1.82, 2.24) is 9.80 Å². The largest absolute Gasteiger partial charge is 0.492 e. The Morgan fingerprint density at radius 1 is 1.17 bits per heavy atom. The van der Waals surface area contributed by atoms with E-state index in [9.17, 15) is 4.79 Å². The Kier molecular flexibility index (Phi) is 4.98. The van der Waals surface area contributed by atoms with Crippen molar-refractivity contribution in [3.05, 3.63) is 54.0 Å². The van der Waals surface area contributed by atoms with E-state index in [0.717, 1.165) is 38.5 Å². The lowest BCUT2D eigenvalue weighted by molar-refractivity contribution is 0.0590. The molecule has 2 heterocycles. The Morgan fingerprint density at radius 3 is 2.70 bits per heavy atom. The number of benzene rings is 1. The maximum absolute atomic E-state index is 12.2. The molecule has 1 aromatic carbocycles. The van der Waals surface area contributed by atoms with Crippen LogP contribution in [0.4, 0.5) is 0 Å². The van der Waals surface area contributed by atoms with Crippen molar-refractivity contribution < 1.29 is 13.9 Å². The zero-order valence-electron chi connectivity index (χ0n) is 13.4. The maximum atomic E-state index is 12.2. The summed E-state index contributed by atoms with van der Waals surface area (Å²) in [6, 6.07) is 11.5. The Hall–Kier alpha value is -2.27. The van der Waals surface area contributed by atoms with Crippen LogP contribution in [0.5, 0.6) is 5.75 Å². The molecule has 3 rings (SSSR count). The van der Waals surface area contributed by atoms with Crippen LogP contribution in [0.1, 0.15) is 16.1 Å². The molecule has 1 aliphatic heterocycles. The maximum Gasteiger partial charge on any atom is 0.289 e. The summed E-state index contributed by atoms with van der Waals surface area (Å²) in [5.74, 6) is 1.31. The fraction of sp³-hybridized carbons (Fsp3) is 0.389. The van der Waals surface area contributed by atoms with E-state index in [1.807, 2.05) is 23.1 Å². The lowest BCUT2D eigenvalue weighted by atomic mass is 10.2. The van der Waals surface area contributed by atoms with Gasteiger partial charge in [-0.3, -0.25) is 9.69 Å². The molecule has 0 atom stereocenters. The molecule has 23 heavy (non-hydrogen) atoms. The molecule has 1 saturated heterocycles. The summed E-state index contributed by atoms with van der Waals surface area (Å²) in [5.41, 5.74) is 1.20. The molecule has 1 aromatic heterocycles. The molecule has 5 heteroatoms. The number of amides is 1. The number of aryl methyl sites for hydroxylation is 1. The van der Waals surface area contributed by atoms with E-state index >= 15 is 0 Å². The van der Waals surface area contributed by atoms with Gasteiger partial charge in [0.1, 0.15) is 12.4 Å². The number of piperazine rings is 1. The van der Waals surface area contributed by atoms with Crippen molar-refractivity contribution in [3.63, 3.8) is 0 Å². The number of carbonyl (C=O) groups excluding carboxylic acids is 1. The first-order valence-electron chi connectivity index (χ1n) is 7.97. The van der Waals surface area contributed by atoms with Crippen LogP contribution in [-0.2, 0) is 0 Å². The van der Waals surface area contributed by atoms with Gasteiger partial charge in [-0.15, -0.1) is 0 Å². The topological polar surface area (TPSA) is 45.9 Å². The summed E-state index contributed by atoms with van der Waals surface area (Å²) < 4.78 is 11.0. The van der Waals surface area contributed by atoms with E-state index in [4.69, 9.17) is 9.15 Å². The van der Waals surface area contributed by atoms with Gasteiger partial charge < -0.3 is 14.1 Å². The van der Waals surface area contributed by atoms with Gasteiger partial charge in [-0.1, -0.05) is 12.1 Å². The monoisotopic (exact) mass is 314 g/mol. The predicted octanol–water partition coefficient (Wildman–Crippen LogP) is 2.42. The molecule has 0 radical (unpaired) electrons. The molecular weight excluding hydrogens is 292 g/mol. The van der Waals surface area contributed by atoms with Gasteiger partial charge in [0.15, 0.2) is 5.76 Å². The summed E-state index contributed by atoms with van der Waals surface area (Å²) in [4.78, 5) is 16.4. The summed E-state index contributed by atoms with van der Waals surface area (Å²) >= 11 is 0. The number of hydrogen-bond acceptors (Lipinski definition) is 4. The number of hydrogen-bond donors (Lipinski definition) is 0. The Morgan fingerprint density at radius 2 is 2.00 bits per heavy atom. The highest BCUT2D eigenvalue weighted by Gasteiger charge is 2.23. The molecule has 0 unspecified atom stereocenters. The van der Waals surface area contributed by atoms with Crippen LogP contribution in [-0.4, -0.2) is 55.0 Å². The fourth-order valence-corrected chi connectivity index (χ4v) is 2.73. The van der Waals surface area contributed by atoms with E-state index in [1.165, 1.54) is 11.8 Å². The van der Waals surface area contributed by atoms with E-state index in [1.54, 1.807) is 12.1 Å². The zero-order chi connectivity index (χ0) is 16.1. The highest BCUT2D eigenvalue weighted by atomic mass is 16.5. The van der Waals surface area contributed by atoms with Gasteiger partial charge >= 0.3 is 0 Å². The first kappa shape index (κ1) is 15.6. The fourth-order valence-electron chi connectivity index (χ4n) is 2.73. The quantitative estimate of drug-likeness (QED) is 0.850. The summed E-state index contributed by atoms with van der Waals surface area (Å²) in [5, 5.41) is 0. The van der Waals surface area contributed by atoms with Gasteiger partial charge in [-0.05, 0) is 36.8 Å². The molecule has 122 valence electrons. The van der Waals surface area contributed by atoms with Crippen molar-refractivity contribution in [2.24, 2.45) is 0 Å². The summed E-state index contributed by atoms with van der Waals surface area (Å²) in [7, 11) is 0. The van der Waals surface area contributed by atoms with E-state index in [2.05, 4.69) is 17.9 Å². The van der Waals surface area contributed by atoms with E-state index in [-0.39, 0.29) is 5.91 Å². The van der Waals surface area contributed by atoms with Crippen LogP contribution in [0.2, 0.25) is 0 Å². The average molecular weight is 314 g/mol. The van der Waals surface area contributed by atoms with Crippen LogP contribution in [0.25, 0.3) is 0 Å². The molecule has 0 bridgehead atoms. The smallest absolute Gasteiger partial charge is 0.289 e. The number of ether oxygens (including phenoxy) is 1. The summed E-state index contributed by atoms with van der Waals surface area (Å²) in [6.45, 7) is 6.77.